The fourth-order valence-corrected chi connectivity index (χ4v) is 3.22. The van der Waals surface area contributed by atoms with Crippen molar-refractivity contribution in [1.29, 1.82) is 0 Å². The summed E-state index contributed by atoms with van der Waals surface area (Å²) >= 11 is 0. The monoisotopic (exact) mass is 310 g/mol. The van der Waals surface area contributed by atoms with Crippen LogP contribution in [0.15, 0.2) is 24.3 Å². The molecule has 3 rings (SSSR count). The van der Waals surface area contributed by atoms with Gasteiger partial charge in [-0.05, 0) is 42.9 Å². The number of hydrogen-bond donors (Lipinski definition) is 1. The Hall–Kier alpha value is -1.10. The van der Waals surface area contributed by atoms with Crippen LogP contribution in [0.1, 0.15) is 30.1 Å². The van der Waals surface area contributed by atoms with Crippen molar-refractivity contribution in [2.24, 2.45) is 11.7 Å². The van der Waals surface area contributed by atoms with E-state index in [0.717, 1.165) is 37.9 Å². The summed E-state index contributed by atoms with van der Waals surface area (Å²) in [6.45, 7) is 2.89. The fourth-order valence-electron chi connectivity index (χ4n) is 3.22. The highest BCUT2D eigenvalue weighted by Gasteiger charge is 2.32. The fraction of sp³-hybridized carbons (Fsp3) is 0.562. The van der Waals surface area contributed by atoms with Crippen molar-refractivity contribution in [2.45, 2.75) is 25.4 Å². The summed E-state index contributed by atoms with van der Waals surface area (Å²) < 4.78 is 5.77. The lowest BCUT2D eigenvalue weighted by Crippen LogP contribution is -2.45. The number of carbonyl (C=O) groups excluding carboxylic acids is 1. The van der Waals surface area contributed by atoms with E-state index >= 15 is 0 Å². The van der Waals surface area contributed by atoms with Crippen LogP contribution >= 0.6 is 12.4 Å². The molecule has 5 heteroatoms. The van der Waals surface area contributed by atoms with Crippen molar-refractivity contribution >= 4 is 18.3 Å². The Kier molecular flexibility index (Phi) is 5.62. The Balaban J connectivity index is 0.00000161. The van der Waals surface area contributed by atoms with Gasteiger partial charge in [0, 0.05) is 13.1 Å². The molecule has 4 nitrogen and oxygen atoms in total. The minimum absolute atomic E-state index is 0. The summed E-state index contributed by atoms with van der Waals surface area (Å²) in [5.74, 6) is 0.543. The molecule has 0 spiro atoms. The number of hydrogen-bond acceptors (Lipinski definition) is 3. The molecule has 2 aliphatic heterocycles. The molecule has 1 saturated heterocycles. The Morgan fingerprint density at radius 2 is 2.19 bits per heavy atom. The maximum atomic E-state index is 12.7. The van der Waals surface area contributed by atoms with E-state index in [2.05, 4.69) is 6.07 Å². The normalized spacial score (nSPS) is 24.9. The number of benzene rings is 1. The van der Waals surface area contributed by atoms with Crippen molar-refractivity contribution in [3.63, 3.8) is 0 Å². The number of nitrogens with zero attached hydrogens (tertiary/aromatic N) is 1. The van der Waals surface area contributed by atoms with Crippen molar-refractivity contribution in [1.82, 2.24) is 4.90 Å². The third kappa shape index (κ3) is 3.39. The average Bonchev–Trinajstić information content (AvgIpc) is 2.53. The Labute approximate surface area is 132 Å². The molecule has 1 fully saturated rings. The minimum Gasteiger partial charge on any atom is -0.363 e. The molecule has 1 amide bonds. The predicted molar refractivity (Wildman–Crippen MR) is 84.4 cm³/mol. The lowest BCUT2D eigenvalue weighted by molar-refractivity contribution is -0.147. The van der Waals surface area contributed by atoms with Gasteiger partial charge in [-0.2, -0.15) is 0 Å². The van der Waals surface area contributed by atoms with E-state index in [0.29, 0.717) is 19.1 Å². The van der Waals surface area contributed by atoms with E-state index in [1.807, 2.05) is 23.1 Å². The van der Waals surface area contributed by atoms with Crippen molar-refractivity contribution in [2.75, 3.05) is 26.2 Å². The molecule has 0 bridgehead atoms. The number of ether oxygens (including phenoxy) is 1. The molecule has 0 radical (unpaired) electrons. The number of amides is 1. The Morgan fingerprint density at radius 1 is 1.38 bits per heavy atom. The number of rotatable bonds is 2. The van der Waals surface area contributed by atoms with Gasteiger partial charge in [0.15, 0.2) is 6.10 Å². The first-order chi connectivity index (χ1) is 9.79. The third-order valence-electron chi connectivity index (χ3n) is 4.38. The quantitative estimate of drug-likeness (QED) is 0.908. The number of piperidine rings is 1. The van der Waals surface area contributed by atoms with Crippen LogP contribution in [0.3, 0.4) is 0 Å². The number of carbonyl (C=O) groups is 1. The topological polar surface area (TPSA) is 55.6 Å². The minimum atomic E-state index is -0.420. The molecule has 0 aliphatic carbocycles. The van der Waals surface area contributed by atoms with E-state index in [1.54, 1.807) is 0 Å². The number of fused-ring (bicyclic) bond motifs is 1. The van der Waals surface area contributed by atoms with E-state index < -0.39 is 6.10 Å². The summed E-state index contributed by atoms with van der Waals surface area (Å²) in [4.78, 5) is 14.7. The zero-order valence-electron chi connectivity index (χ0n) is 12.2. The summed E-state index contributed by atoms with van der Waals surface area (Å²) in [7, 11) is 0. The smallest absolute Gasteiger partial charge is 0.256 e. The van der Waals surface area contributed by atoms with Gasteiger partial charge in [0.1, 0.15) is 0 Å². The highest BCUT2D eigenvalue weighted by Crippen LogP contribution is 2.30. The van der Waals surface area contributed by atoms with Crippen molar-refractivity contribution in [3.8, 4) is 0 Å². The second-order valence-electron chi connectivity index (χ2n) is 5.73. The van der Waals surface area contributed by atoms with Gasteiger partial charge in [-0.3, -0.25) is 4.79 Å². The largest absolute Gasteiger partial charge is 0.363 e. The second-order valence-corrected chi connectivity index (χ2v) is 5.73. The molecule has 2 heterocycles. The lowest BCUT2D eigenvalue weighted by Gasteiger charge is -2.36. The van der Waals surface area contributed by atoms with E-state index in [4.69, 9.17) is 10.5 Å². The van der Waals surface area contributed by atoms with Crippen molar-refractivity contribution < 1.29 is 9.53 Å². The first-order valence-electron chi connectivity index (χ1n) is 7.48. The summed E-state index contributed by atoms with van der Waals surface area (Å²) in [5, 5.41) is 0. The average molecular weight is 311 g/mol. The van der Waals surface area contributed by atoms with Crippen LogP contribution in [0, 0.1) is 5.92 Å². The maximum Gasteiger partial charge on any atom is 0.256 e. The zero-order chi connectivity index (χ0) is 13.9. The molecule has 21 heavy (non-hydrogen) atoms. The molecule has 2 atom stereocenters. The van der Waals surface area contributed by atoms with Crippen LogP contribution in [0.25, 0.3) is 0 Å². The van der Waals surface area contributed by atoms with Gasteiger partial charge in [-0.1, -0.05) is 24.3 Å². The standard InChI is InChI=1S/C16H22N2O2.ClH/c17-10-12-4-3-8-18(11-12)16(19)15-14-6-2-1-5-13(14)7-9-20-15;/h1-2,5-6,12,15H,3-4,7-11,17H2;1H. The van der Waals surface area contributed by atoms with Crippen LogP contribution in [-0.2, 0) is 16.0 Å². The van der Waals surface area contributed by atoms with Crippen LogP contribution in [-0.4, -0.2) is 37.0 Å². The molecular weight excluding hydrogens is 288 g/mol. The second kappa shape index (κ2) is 7.25. The molecule has 0 aromatic heterocycles. The highest BCUT2D eigenvalue weighted by atomic mass is 35.5. The molecule has 1 aromatic rings. The van der Waals surface area contributed by atoms with Crippen LogP contribution < -0.4 is 5.73 Å². The molecule has 2 aliphatic rings. The van der Waals surface area contributed by atoms with E-state index in [1.165, 1.54) is 5.56 Å². The van der Waals surface area contributed by atoms with Crippen molar-refractivity contribution in [3.05, 3.63) is 35.4 Å². The first kappa shape index (κ1) is 16.3. The predicted octanol–water partition coefficient (Wildman–Crippen LogP) is 1.92. The Bertz CT molecular complexity index is 495. The van der Waals surface area contributed by atoms with Gasteiger partial charge in [0.25, 0.3) is 5.91 Å². The van der Waals surface area contributed by atoms with Gasteiger partial charge in [0.2, 0.25) is 0 Å². The number of likely N-dealkylation sites (tertiary alicyclic amines) is 1. The highest BCUT2D eigenvalue weighted by molar-refractivity contribution is 5.85. The van der Waals surface area contributed by atoms with Gasteiger partial charge < -0.3 is 15.4 Å². The van der Waals surface area contributed by atoms with Gasteiger partial charge in [-0.25, -0.2) is 0 Å². The van der Waals surface area contributed by atoms with E-state index in [-0.39, 0.29) is 18.3 Å². The van der Waals surface area contributed by atoms with Crippen LogP contribution in [0.4, 0.5) is 0 Å². The van der Waals surface area contributed by atoms with Crippen LogP contribution in [0.2, 0.25) is 0 Å². The molecule has 0 saturated carbocycles. The Morgan fingerprint density at radius 3 is 3.00 bits per heavy atom. The molecule has 1 aromatic carbocycles. The van der Waals surface area contributed by atoms with Gasteiger partial charge in [0.05, 0.1) is 6.61 Å². The van der Waals surface area contributed by atoms with Crippen LogP contribution in [0.5, 0.6) is 0 Å². The zero-order valence-corrected chi connectivity index (χ0v) is 13.0. The molecular formula is C16H23ClN2O2. The van der Waals surface area contributed by atoms with Gasteiger partial charge in [-0.15, -0.1) is 12.4 Å². The van der Waals surface area contributed by atoms with Gasteiger partial charge >= 0.3 is 0 Å². The maximum absolute atomic E-state index is 12.7. The van der Waals surface area contributed by atoms with E-state index in [9.17, 15) is 4.79 Å². The third-order valence-corrected chi connectivity index (χ3v) is 4.38. The summed E-state index contributed by atoms with van der Waals surface area (Å²) in [6.07, 6.45) is 2.65. The number of halogens is 1. The summed E-state index contributed by atoms with van der Waals surface area (Å²) in [5.41, 5.74) is 8.03. The molecule has 2 unspecified atom stereocenters. The summed E-state index contributed by atoms with van der Waals surface area (Å²) in [6, 6.07) is 8.11. The molecule has 116 valence electrons. The molecule has 2 N–H and O–H groups in total. The SMILES string of the molecule is Cl.NCC1CCCN(C(=O)C2OCCc3ccccc32)C1. The first-order valence-corrected chi connectivity index (χ1v) is 7.48. The number of nitrogens with two attached hydrogens (primary N) is 1. The lowest BCUT2D eigenvalue weighted by atomic mass is 9.94.